The molecule has 1 aromatic heterocycles. The van der Waals surface area contributed by atoms with Gasteiger partial charge in [-0.3, -0.25) is 0 Å². The summed E-state index contributed by atoms with van der Waals surface area (Å²) in [5.41, 5.74) is 0.639. The van der Waals surface area contributed by atoms with E-state index in [4.69, 9.17) is 0 Å². The number of benzene rings is 1. The first-order chi connectivity index (χ1) is 11.7. The number of nitrogens with zero attached hydrogens (tertiary/aromatic N) is 2. The van der Waals surface area contributed by atoms with Crippen LogP contribution in [0.4, 0.5) is 0 Å². The summed E-state index contributed by atoms with van der Waals surface area (Å²) in [5.74, 6) is -0.514. The first-order valence-electron chi connectivity index (χ1n) is 8.05. The van der Waals surface area contributed by atoms with Crippen LogP contribution in [0.25, 0.3) is 0 Å². The van der Waals surface area contributed by atoms with Crippen molar-refractivity contribution in [3.8, 4) is 0 Å². The Morgan fingerprint density at radius 2 is 1.72 bits per heavy atom. The zero-order valence-electron chi connectivity index (χ0n) is 14.1. The van der Waals surface area contributed by atoms with E-state index in [1.165, 1.54) is 13.1 Å². The van der Waals surface area contributed by atoms with Gasteiger partial charge in [0.2, 0.25) is 11.4 Å². The smallest absolute Gasteiger partial charge is 0.214 e. The van der Waals surface area contributed by atoms with Gasteiger partial charge in [0.15, 0.2) is 26.8 Å². The van der Waals surface area contributed by atoms with Crippen molar-refractivity contribution in [1.82, 2.24) is 0 Å². The number of rotatable bonds is 1. The zero-order chi connectivity index (χ0) is 18.1. The summed E-state index contributed by atoms with van der Waals surface area (Å²) < 4.78 is 28.0. The Hall–Kier alpha value is -2.41. The molecular weight excluding hydrogens is 340 g/mol. The van der Waals surface area contributed by atoms with Gasteiger partial charge in [-0.25, -0.2) is 13.2 Å². The van der Waals surface area contributed by atoms with Gasteiger partial charge in [0.05, 0.1) is 5.92 Å². The maximum absolute atomic E-state index is 13.3. The third-order valence-electron chi connectivity index (χ3n) is 5.41. The van der Waals surface area contributed by atoms with E-state index in [1.54, 1.807) is 44.2 Å². The van der Waals surface area contributed by atoms with E-state index in [9.17, 15) is 18.8 Å². The highest BCUT2D eigenvalue weighted by molar-refractivity contribution is 7.93. The number of pyridine rings is 1. The Morgan fingerprint density at radius 3 is 2.36 bits per heavy atom. The van der Waals surface area contributed by atoms with Gasteiger partial charge in [0, 0.05) is 32.4 Å². The van der Waals surface area contributed by atoms with Gasteiger partial charge in [-0.1, -0.05) is 18.2 Å². The number of hydroxylamine groups is 1. The second-order valence-corrected chi connectivity index (χ2v) is 9.16. The van der Waals surface area contributed by atoms with E-state index in [0.29, 0.717) is 15.9 Å². The van der Waals surface area contributed by atoms with Crippen LogP contribution in [0.2, 0.25) is 0 Å². The van der Waals surface area contributed by atoms with Crippen molar-refractivity contribution in [2.75, 3.05) is 0 Å². The van der Waals surface area contributed by atoms with Crippen LogP contribution in [0.5, 0.6) is 0 Å². The predicted octanol–water partition coefficient (Wildman–Crippen LogP) is 1.66. The molecule has 7 heteroatoms. The average molecular weight is 358 g/mol. The Morgan fingerprint density at radius 1 is 1.08 bits per heavy atom. The molecule has 0 radical (unpaired) electrons. The molecule has 0 bridgehead atoms. The molecule has 2 atom stereocenters. The predicted molar refractivity (Wildman–Crippen MR) is 92.1 cm³/mol. The molecule has 2 aromatic rings. The lowest BCUT2D eigenvalue weighted by molar-refractivity contribution is -0.614. The van der Waals surface area contributed by atoms with Crippen molar-refractivity contribution in [3.05, 3.63) is 69.8 Å². The summed E-state index contributed by atoms with van der Waals surface area (Å²) in [6.45, 7) is 5.02. The third-order valence-corrected chi connectivity index (χ3v) is 7.67. The molecule has 0 aliphatic carbocycles. The van der Waals surface area contributed by atoms with E-state index in [1.807, 2.05) is 6.07 Å². The second kappa shape index (κ2) is 4.82. The van der Waals surface area contributed by atoms with Crippen LogP contribution in [0.1, 0.15) is 36.6 Å². The summed E-state index contributed by atoms with van der Waals surface area (Å²) >= 11 is 0. The first-order valence-corrected chi connectivity index (χ1v) is 9.60. The van der Waals surface area contributed by atoms with Gasteiger partial charge in [-0.2, -0.15) is 4.73 Å². The fourth-order valence-electron chi connectivity index (χ4n) is 4.23. The van der Waals surface area contributed by atoms with Crippen LogP contribution in [-0.4, -0.2) is 29.7 Å². The van der Waals surface area contributed by atoms with Crippen LogP contribution in [-0.2, 0) is 9.84 Å². The number of aromatic nitrogens is 1. The molecule has 6 nitrogen and oxygen atoms in total. The summed E-state index contributed by atoms with van der Waals surface area (Å²) in [6.07, 6.45) is 1.32. The van der Waals surface area contributed by atoms with Gasteiger partial charge in [0.25, 0.3) is 0 Å². The minimum atomic E-state index is -3.84. The number of fused-ring (bicyclic) bond motifs is 3. The second-order valence-electron chi connectivity index (χ2n) is 7.15. The van der Waals surface area contributed by atoms with Crippen LogP contribution < -0.4 is 4.73 Å². The van der Waals surface area contributed by atoms with Crippen molar-refractivity contribution in [2.45, 2.75) is 42.4 Å². The normalized spacial score (nSPS) is 25.7. The summed E-state index contributed by atoms with van der Waals surface area (Å²) in [4.78, 5) is 0.0783. The van der Waals surface area contributed by atoms with E-state index in [2.05, 4.69) is 0 Å². The lowest BCUT2D eigenvalue weighted by Crippen LogP contribution is -2.36. The maximum atomic E-state index is 13.3. The minimum absolute atomic E-state index is 0.0783. The lowest BCUT2D eigenvalue weighted by atomic mass is 9.81. The number of hydrogen-bond acceptors (Lipinski definition) is 4. The van der Waals surface area contributed by atoms with E-state index in [0.717, 1.165) is 4.74 Å². The fourth-order valence-corrected chi connectivity index (χ4v) is 6.87. The monoisotopic (exact) mass is 358 g/mol. The van der Waals surface area contributed by atoms with Gasteiger partial charge in [-0.15, -0.1) is 0 Å². The van der Waals surface area contributed by atoms with Gasteiger partial charge < -0.3 is 10.4 Å². The molecule has 0 N–H and O–H groups in total. The number of sulfone groups is 1. The average Bonchev–Trinajstić information content (AvgIpc) is 2.93. The largest absolute Gasteiger partial charge is 0.623 e. The Labute approximate surface area is 146 Å². The van der Waals surface area contributed by atoms with Gasteiger partial charge in [0.1, 0.15) is 4.90 Å². The molecule has 0 saturated heterocycles. The van der Waals surface area contributed by atoms with Crippen molar-refractivity contribution >= 4 is 15.5 Å². The SMILES string of the molecule is Cc1c2c(cc[n+]1[O-])C1C(C(c3ccccc3)=[N+]([O-])C1(C)C)S2(=O)=O. The van der Waals surface area contributed by atoms with Crippen LogP contribution in [0, 0.1) is 17.3 Å². The summed E-state index contributed by atoms with van der Waals surface area (Å²) in [7, 11) is -3.84. The highest BCUT2D eigenvalue weighted by Crippen LogP contribution is 2.52. The Bertz CT molecular complexity index is 1030. The maximum Gasteiger partial charge on any atom is 0.214 e. The molecule has 2 aliphatic heterocycles. The molecule has 0 amide bonds. The van der Waals surface area contributed by atoms with E-state index >= 15 is 0 Å². The molecule has 25 heavy (non-hydrogen) atoms. The molecule has 3 heterocycles. The molecule has 1 aromatic carbocycles. The van der Waals surface area contributed by atoms with E-state index in [-0.39, 0.29) is 16.3 Å². The quantitative estimate of drug-likeness (QED) is 0.573. The molecule has 0 fully saturated rings. The fraction of sp³-hybridized carbons (Fsp3) is 0.333. The lowest BCUT2D eigenvalue weighted by Gasteiger charge is -2.25. The van der Waals surface area contributed by atoms with Crippen molar-refractivity contribution < 1.29 is 17.9 Å². The molecule has 2 unspecified atom stereocenters. The highest BCUT2D eigenvalue weighted by Gasteiger charge is 2.65. The molecule has 2 aliphatic rings. The first kappa shape index (κ1) is 16.1. The van der Waals surface area contributed by atoms with Crippen molar-refractivity contribution in [2.24, 2.45) is 0 Å². The van der Waals surface area contributed by atoms with Crippen LogP contribution >= 0.6 is 0 Å². The Balaban J connectivity index is 2.06. The van der Waals surface area contributed by atoms with Crippen molar-refractivity contribution in [1.29, 1.82) is 0 Å². The van der Waals surface area contributed by atoms with E-state index < -0.39 is 26.5 Å². The minimum Gasteiger partial charge on any atom is -0.623 e. The molecule has 4 rings (SSSR count). The summed E-state index contributed by atoms with van der Waals surface area (Å²) in [6, 6.07) is 10.4. The van der Waals surface area contributed by atoms with Gasteiger partial charge >= 0.3 is 0 Å². The van der Waals surface area contributed by atoms with Gasteiger partial charge in [-0.05, 0) is 17.7 Å². The number of hydrogen-bond donors (Lipinski definition) is 0. The van der Waals surface area contributed by atoms with Crippen molar-refractivity contribution in [3.63, 3.8) is 0 Å². The van der Waals surface area contributed by atoms with Crippen LogP contribution in [0.3, 0.4) is 0 Å². The highest BCUT2D eigenvalue weighted by atomic mass is 32.2. The molecular formula is C18H18N2O4S. The standard InChI is InChI=1S/C18H18N2O4S/c1-11-16-13(9-10-19(11)21)14-17(25(16,23)24)15(20(22)18(14,2)3)12-7-5-4-6-8-12/h4-10,14,17H,1-3H3. The zero-order valence-corrected chi connectivity index (χ0v) is 14.9. The van der Waals surface area contributed by atoms with Crippen LogP contribution in [0.15, 0.2) is 47.5 Å². The molecule has 130 valence electrons. The third kappa shape index (κ3) is 1.87. The topological polar surface area (TPSA) is 87.1 Å². The summed E-state index contributed by atoms with van der Waals surface area (Å²) in [5, 5.41) is 24.0. The molecule has 0 spiro atoms. The molecule has 0 saturated carbocycles. The Kier molecular flexibility index (Phi) is 3.10.